The number of halogens is 1. The largest absolute Gasteiger partial charge is 0.338 e. The van der Waals surface area contributed by atoms with Gasteiger partial charge in [0.25, 0.3) is 5.91 Å². The number of hydrogen-bond donors (Lipinski definition) is 3. The van der Waals surface area contributed by atoms with Gasteiger partial charge in [0, 0.05) is 17.9 Å². The van der Waals surface area contributed by atoms with Crippen LogP contribution in [-0.4, -0.2) is 28.5 Å². The van der Waals surface area contributed by atoms with Crippen molar-refractivity contribution in [1.82, 2.24) is 15.3 Å². The van der Waals surface area contributed by atoms with E-state index in [4.69, 9.17) is 11.6 Å². The van der Waals surface area contributed by atoms with E-state index in [-0.39, 0.29) is 16.7 Å². The number of nitrogens with zero attached hydrogens (tertiary/aromatic N) is 2. The van der Waals surface area contributed by atoms with Gasteiger partial charge < -0.3 is 16.0 Å². The smallest absolute Gasteiger partial charge is 0.319 e. The Morgan fingerprint density at radius 1 is 1.22 bits per heavy atom. The lowest BCUT2D eigenvalue weighted by molar-refractivity contribution is 0.102. The Morgan fingerprint density at radius 3 is 2.61 bits per heavy atom. The monoisotopic (exact) mass is 333 g/mol. The summed E-state index contributed by atoms with van der Waals surface area (Å²) in [6.45, 7) is 4.02. The van der Waals surface area contributed by atoms with Crippen molar-refractivity contribution in [2.75, 3.05) is 17.2 Å². The third-order valence-electron chi connectivity index (χ3n) is 2.80. The third kappa shape index (κ3) is 4.65. The second-order valence-electron chi connectivity index (χ2n) is 4.63. The molecule has 8 heteroatoms. The molecule has 0 bridgehead atoms. The van der Waals surface area contributed by atoms with Gasteiger partial charge in [0.15, 0.2) is 5.69 Å². The lowest BCUT2D eigenvalue weighted by atomic mass is 10.2. The van der Waals surface area contributed by atoms with Crippen molar-refractivity contribution >= 4 is 34.9 Å². The van der Waals surface area contributed by atoms with E-state index in [9.17, 15) is 9.59 Å². The Bertz CT molecular complexity index is 736. The zero-order chi connectivity index (χ0) is 16.8. The van der Waals surface area contributed by atoms with E-state index in [1.165, 1.54) is 6.20 Å². The van der Waals surface area contributed by atoms with Crippen molar-refractivity contribution in [1.29, 1.82) is 0 Å². The fraction of sp³-hybridized carbons (Fsp3) is 0.200. The van der Waals surface area contributed by atoms with Crippen LogP contribution < -0.4 is 16.0 Å². The topological polar surface area (TPSA) is 96.0 Å². The van der Waals surface area contributed by atoms with Crippen LogP contribution in [0.5, 0.6) is 0 Å². The first-order valence-corrected chi connectivity index (χ1v) is 7.32. The van der Waals surface area contributed by atoms with Crippen LogP contribution in [0.2, 0.25) is 5.02 Å². The first kappa shape index (κ1) is 16.7. The molecule has 1 aromatic heterocycles. The Hall–Kier alpha value is -2.67. The van der Waals surface area contributed by atoms with Crippen LogP contribution in [-0.2, 0) is 0 Å². The Morgan fingerprint density at radius 2 is 1.91 bits per heavy atom. The third-order valence-corrected chi connectivity index (χ3v) is 3.07. The molecule has 0 radical (unpaired) electrons. The minimum atomic E-state index is -0.448. The van der Waals surface area contributed by atoms with E-state index in [1.54, 1.807) is 31.2 Å². The van der Waals surface area contributed by atoms with Crippen molar-refractivity contribution in [3.05, 3.63) is 47.0 Å². The van der Waals surface area contributed by atoms with Gasteiger partial charge in [-0.1, -0.05) is 17.7 Å². The second kappa shape index (κ2) is 7.55. The number of aryl methyl sites for hydroxylation is 1. The van der Waals surface area contributed by atoms with Crippen LogP contribution in [0.3, 0.4) is 0 Å². The average molecular weight is 334 g/mol. The molecule has 1 aromatic carbocycles. The van der Waals surface area contributed by atoms with E-state index in [0.29, 0.717) is 23.7 Å². The first-order valence-electron chi connectivity index (χ1n) is 6.95. The van der Waals surface area contributed by atoms with E-state index in [1.807, 2.05) is 6.92 Å². The minimum absolute atomic E-state index is 0.0984. The van der Waals surface area contributed by atoms with Gasteiger partial charge in [-0.3, -0.25) is 4.79 Å². The van der Waals surface area contributed by atoms with Crippen LogP contribution in [0.4, 0.5) is 16.2 Å². The molecule has 0 aliphatic heterocycles. The fourth-order valence-electron chi connectivity index (χ4n) is 1.82. The zero-order valence-corrected chi connectivity index (χ0v) is 13.4. The lowest BCUT2D eigenvalue weighted by Crippen LogP contribution is -2.28. The molecule has 3 N–H and O–H groups in total. The molecule has 0 saturated carbocycles. The van der Waals surface area contributed by atoms with Gasteiger partial charge in [0.05, 0.1) is 11.2 Å². The number of rotatable bonds is 4. The van der Waals surface area contributed by atoms with Crippen LogP contribution in [0, 0.1) is 6.92 Å². The van der Waals surface area contributed by atoms with Crippen molar-refractivity contribution in [2.24, 2.45) is 0 Å². The van der Waals surface area contributed by atoms with E-state index in [0.717, 1.165) is 0 Å². The molecular formula is C15H16ClN5O2. The molecule has 0 aliphatic carbocycles. The summed E-state index contributed by atoms with van der Waals surface area (Å²) in [5.74, 6) is 0.00173. The maximum Gasteiger partial charge on any atom is 0.319 e. The van der Waals surface area contributed by atoms with Gasteiger partial charge in [-0.05, 0) is 32.0 Å². The maximum atomic E-state index is 12.2. The molecule has 0 fully saturated rings. The summed E-state index contributed by atoms with van der Waals surface area (Å²) in [7, 11) is 0. The summed E-state index contributed by atoms with van der Waals surface area (Å²) in [5.41, 5.74) is 1.16. The van der Waals surface area contributed by atoms with Crippen LogP contribution in [0.1, 0.15) is 23.2 Å². The SMILES string of the molecule is CCNC(=O)Nc1cccc(NC(=O)c2nc(C)ncc2Cl)c1. The van der Waals surface area contributed by atoms with Gasteiger partial charge in [-0.25, -0.2) is 14.8 Å². The van der Waals surface area contributed by atoms with Crippen LogP contribution >= 0.6 is 11.6 Å². The molecule has 0 saturated heterocycles. The first-order chi connectivity index (χ1) is 11.0. The summed E-state index contributed by atoms with van der Waals surface area (Å²) < 4.78 is 0. The van der Waals surface area contributed by atoms with Gasteiger partial charge in [-0.15, -0.1) is 0 Å². The highest BCUT2D eigenvalue weighted by Crippen LogP contribution is 2.18. The highest BCUT2D eigenvalue weighted by molar-refractivity contribution is 6.33. The molecule has 1 heterocycles. The summed E-state index contributed by atoms with van der Waals surface area (Å²) in [4.78, 5) is 31.7. The van der Waals surface area contributed by atoms with E-state index < -0.39 is 5.91 Å². The summed E-state index contributed by atoms with van der Waals surface area (Å²) in [6.07, 6.45) is 1.38. The van der Waals surface area contributed by atoms with E-state index >= 15 is 0 Å². The maximum absolute atomic E-state index is 12.2. The molecule has 0 atom stereocenters. The van der Waals surface area contributed by atoms with Crippen molar-refractivity contribution in [2.45, 2.75) is 13.8 Å². The van der Waals surface area contributed by atoms with Crippen LogP contribution in [0.15, 0.2) is 30.5 Å². The molecule has 0 spiro atoms. The van der Waals surface area contributed by atoms with Crippen molar-refractivity contribution in [3.8, 4) is 0 Å². The highest BCUT2D eigenvalue weighted by atomic mass is 35.5. The normalized spacial score (nSPS) is 10.0. The predicted molar refractivity (Wildman–Crippen MR) is 88.9 cm³/mol. The van der Waals surface area contributed by atoms with E-state index in [2.05, 4.69) is 25.9 Å². The van der Waals surface area contributed by atoms with Crippen LogP contribution in [0.25, 0.3) is 0 Å². The standard InChI is InChI=1S/C15H16ClN5O2/c1-3-17-15(23)21-11-6-4-5-10(7-11)20-14(22)13-12(16)8-18-9(2)19-13/h4-8H,3H2,1-2H3,(H,20,22)(H2,17,21,23). The number of anilines is 2. The fourth-order valence-corrected chi connectivity index (χ4v) is 1.99. The summed E-state index contributed by atoms with van der Waals surface area (Å²) in [5, 5.41) is 8.14. The number of nitrogens with one attached hydrogen (secondary N) is 3. The number of amides is 3. The molecule has 2 rings (SSSR count). The number of urea groups is 1. The summed E-state index contributed by atoms with van der Waals surface area (Å²) in [6, 6.07) is 6.44. The molecular weight excluding hydrogens is 318 g/mol. The quantitative estimate of drug-likeness (QED) is 0.801. The molecule has 23 heavy (non-hydrogen) atoms. The van der Waals surface area contributed by atoms with Crippen molar-refractivity contribution < 1.29 is 9.59 Å². The Labute approximate surface area is 138 Å². The Kier molecular flexibility index (Phi) is 5.48. The average Bonchev–Trinajstić information content (AvgIpc) is 2.50. The molecule has 0 aliphatic rings. The zero-order valence-electron chi connectivity index (χ0n) is 12.7. The molecule has 7 nitrogen and oxygen atoms in total. The number of benzene rings is 1. The number of carbonyl (C=O) groups excluding carboxylic acids is 2. The van der Waals surface area contributed by atoms with Gasteiger partial charge in [-0.2, -0.15) is 0 Å². The lowest BCUT2D eigenvalue weighted by Gasteiger charge is -2.09. The van der Waals surface area contributed by atoms with Gasteiger partial charge in [0.1, 0.15) is 5.82 Å². The number of aromatic nitrogens is 2. The highest BCUT2D eigenvalue weighted by Gasteiger charge is 2.13. The number of hydrogen-bond acceptors (Lipinski definition) is 4. The molecule has 2 aromatic rings. The minimum Gasteiger partial charge on any atom is -0.338 e. The molecule has 120 valence electrons. The van der Waals surface area contributed by atoms with Gasteiger partial charge >= 0.3 is 6.03 Å². The Balaban J connectivity index is 2.12. The van der Waals surface area contributed by atoms with Crippen molar-refractivity contribution in [3.63, 3.8) is 0 Å². The molecule has 3 amide bonds. The second-order valence-corrected chi connectivity index (χ2v) is 5.04. The summed E-state index contributed by atoms with van der Waals surface area (Å²) >= 11 is 5.94. The number of carbonyl (C=O) groups is 2. The van der Waals surface area contributed by atoms with Gasteiger partial charge in [0.2, 0.25) is 0 Å². The predicted octanol–water partition coefficient (Wildman–Crippen LogP) is 2.83. The molecule has 0 unspecified atom stereocenters.